The molecule has 122 valence electrons. The Morgan fingerprint density at radius 3 is 2.77 bits per heavy atom. The number of nitrogens with zero attached hydrogens (tertiary/aromatic N) is 1. The topological polar surface area (TPSA) is 38.8 Å². The number of fused-ring (bicyclic) bond motifs is 1. The second-order valence-electron chi connectivity index (χ2n) is 5.62. The average molecular weight is 330 g/mol. The number of ether oxygens (including phenoxy) is 2. The zero-order valence-corrected chi connectivity index (χ0v) is 13.5. The third-order valence-corrected chi connectivity index (χ3v) is 4.38. The second-order valence-corrected chi connectivity index (χ2v) is 5.62. The summed E-state index contributed by atoms with van der Waals surface area (Å²) in [6.45, 7) is 3.80. The summed E-state index contributed by atoms with van der Waals surface area (Å²) in [4.78, 5) is 14.9. The van der Waals surface area contributed by atoms with Crippen LogP contribution in [0.3, 0.4) is 0 Å². The van der Waals surface area contributed by atoms with Crippen molar-refractivity contribution in [3.63, 3.8) is 0 Å². The van der Waals surface area contributed by atoms with Crippen molar-refractivity contribution in [2.75, 3.05) is 40.0 Å². The van der Waals surface area contributed by atoms with Gasteiger partial charge in [0.05, 0.1) is 25.9 Å². The van der Waals surface area contributed by atoms with Gasteiger partial charge in [0.1, 0.15) is 11.6 Å². The van der Waals surface area contributed by atoms with Crippen LogP contribution in [0.2, 0.25) is 0 Å². The molecule has 4 nitrogen and oxygen atoms in total. The molecule has 0 aromatic heterocycles. The van der Waals surface area contributed by atoms with Gasteiger partial charge in [-0.05, 0) is 25.0 Å². The summed E-state index contributed by atoms with van der Waals surface area (Å²) >= 11 is 0. The summed E-state index contributed by atoms with van der Waals surface area (Å²) in [5, 5.41) is 0. The molecular weight excluding hydrogens is 309 g/mol. The number of halogens is 2. The first-order valence-electron chi connectivity index (χ1n) is 7.40. The van der Waals surface area contributed by atoms with Crippen molar-refractivity contribution in [1.29, 1.82) is 0 Å². The maximum absolute atomic E-state index is 14.1. The van der Waals surface area contributed by atoms with Crippen molar-refractivity contribution in [2.24, 2.45) is 5.92 Å². The van der Waals surface area contributed by atoms with Crippen LogP contribution in [0.25, 0.3) is 0 Å². The minimum atomic E-state index is -0.428. The van der Waals surface area contributed by atoms with Crippen LogP contribution in [-0.2, 0) is 11.2 Å². The van der Waals surface area contributed by atoms with Crippen molar-refractivity contribution in [1.82, 2.24) is 4.90 Å². The minimum Gasteiger partial charge on any atom is -0.496 e. The molecule has 1 aliphatic heterocycles. The molecule has 0 N–H and O–H groups in total. The van der Waals surface area contributed by atoms with E-state index in [0.29, 0.717) is 31.9 Å². The van der Waals surface area contributed by atoms with E-state index < -0.39 is 5.82 Å². The Labute approximate surface area is 136 Å². The number of carbonyl (C=O) groups excluding carboxylic acids is 1. The molecule has 1 heterocycles. The first-order chi connectivity index (χ1) is 10.2. The number of hydrogen-bond acceptors (Lipinski definition) is 4. The highest BCUT2D eigenvalue weighted by atomic mass is 35.5. The smallest absolute Gasteiger partial charge is 0.170 e. The van der Waals surface area contributed by atoms with Gasteiger partial charge < -0.3 is 9.47 Å². The van der Waals surface area contributed by atoms with Gasteiger partial charge in [0.25, 0.3) is 0 Å². The van der Waals surface area contributed by atoms with E-state index in [1.165, 1.54) is 6.07 Å². The zero-order chi connectivity index (χ0) is 14.8. The highest BCUT2D eigenvalue weighted by Gasteiger charge is 2.33. The Hall–Kier alpha value is -1.17. The van der Waals surface area contributed by atoms with Crippen LogP contribution in [-0.4, -0.2) is 50.6 Å². The average Bonchev–Trinajstić information content (AvgIpc) is 2.51. The van der Waals surface area contributed by atoms with Crippen molar-refractivity contribution in [3.8, 4) is 5.75 Å². The lowest BCUT2D eigenvalue weighted by molar-refractivity contribution is 0.0290. The summed E-state index contributed by atoms with van der Waals surface area (Å²) in [6.07, 6.45) is 1.44. The number of rotatable bonds is 3. The van der Waals surface area contributed by atoms with Crippen LogP contribution in [0, 0.1) is 11.7 Å². The van der Waals surface area contributed by atoms with E-state index in [1.807, 2.05) is 0 Å². The van der Waals surface area contributed by atoms with Crippen LogP contribution in [0.1, 0.15) is 22.3 Å². The van der Waals surface area contributed by atoms with E-state index in [0.717, 1.165) is 25.1 Å². The van der Waals surface area contributed by atoms with Gasteiger partial charge in [-0.1, -0.05) is 0 Å². The molecular formula is C16H21ClFNO3. The van der Waals surface area contributed by atoms with E-state index in [2.05, 4.69) is 4.90 Å². The number of ketones is 1. The molecule has 0 bridgehead atoms. The molecule has 1 fully saturated rings. The standard InChI is InChI=1S/C16H20FNO3.ClH/c1-20-14-5-4-13(17)15-12(14)3-2-11(16(15)19)10-18-6-8-21-9-7-18;/h4-5,11H,2-3,6-10H2,1H3;1H. The number of hydrogen-bond donors (Lipinski definition) is 0. The number of Topliss-reactive ketones (excluding diaryl/α,β-unsaturated/α-hetero) is 1. The van der Waals surface area contributed by atoms with E-state index in [-0.39, 0.29) is 29.7 Å². The molecule has 2 aliphatic rings. The lowest BCUT2D eigenvalue weighted by Gasteiger charge is -2.32. The third kappa shape index (κ3) is 3.26. The Morgan fingerprint density at radius 2 is 2.09 bits per heavy atom. The van der Waals surface area contributed by atoms with Gasteiger partial charge in [0.2, 0.25) is 0 Å². The first kappa shape index (κ1) is 17.2. The second kappa shape index (κ2) is 7.40. The van der Waals surface area contributed by atoms with E-state index in [9.17, 15) is 9.18 Å². The number of morpholine rings is 1. The number of methoxy groups -OCH3 is 1. The lowest BCUT2D eigenvalue weighted by atomic mass is 9.81. The Kier molecular flexibility index (Phi) is 5.78. The highest BCUT2D eigenvalue weighted by Crippen LogP contribution is 2.34. The maximum atomic E-state index is 14.1. The van der Waals surface area contributed by atoms with Crippen molar-refractivity contribution < 1.29 is 18.7 Å². The SMILES string of the molecule is COc1ccc(F)c2c1CCC(CN1CCOCC1)C2=O.Cl. The zero-order valence-electron chi connectivity index (χ0n) is 12.6. The normalized spacial score (nSPS) is 21.9. The molecule has 0 radical (unpaired) electrons. The van der Waals surface area contributed by atoms with E-state index in [4.69, 9.17) is 9.47 Å². The summed E-state index contributed by atoms with van der Waals surface area (Å²) in [5.41, 5.74) is 0.958. The molecule has 6 heteroatoms. The van der Waals surface area contributed by atoms with Crippen LogP contribution in [0.5, 0.6) is 5.75 Å². The Bertz CT molecular complexity index is 546. The van der Waals surface area contributed by atoms with E-state index >= 15 is 0 Å². The summed E-state index contributed by atoms with van der Waals surface area (Å²) in [6, 6.07) is 2.93. The van der Waals surface area contributed by atoms with Gasteiger partial charge >= 0.3 is 0 Å². The monoisotopic (exact) mass is 329 g/mol. The fourth-order valence-electron chi connectivity index (χ4n) is 3.23. The van der Waals surface area contributed by atoms with Gasteiger partial charge in [0.15, 0.2) is 5.78 Å². The fourth-order valence-corrected chi connectivity index (χ4v) is 3.23. The fraction of sp³-hybridized carbons (Fsp3) is 0.562. The lowest BCUT2D eigenvalue weighted by Crippen LogP contribution is -2.42. The quantitative estimate of drug-likeness (QED) is 0.853. The van der Waals surface area contributed by atoms with Crippen molar-refractivity contribution in [3.05, 3.63) is 29.1 Å². The number of benzene rings is 1. The van der Waals surface area contributed by atoms with Crippen LogP contribution in [0.4, 0.5) is 4.39 Å². The van der Waals surface area contributed by atoms with Gasteiger partial charge in [-0.3, -0.25) is 9.69 Å². The Balaban J connectivity index is 0.00000176. The molecule has 3 rings (SSSR count). The largest absolute Gasteiger partial charge is 0.496 e. The maximum Gasteiger partial charge on any atom is 0.170 e. The van der Waals surface area contributed by atoms with Crippen molar-refractivity contribution in [2.45, 2.75) is 12.8 Å². The number of carbonyl (C=O) groups is 1. The molecule has 0 saturated carbocycles. The predicted molar refractivity (Wildman–Crippen MR) is 83.6 cm³/mol. The van der Waals surface area contributed by atoms with Gasteiger partial charge in [-0.15, -0.1) is 12.4 Å². The molecule has 1 aromatic carbocycles. The third-order valence-electron chi connectivity index (χ3n) is 4.38. The summed E-state index contributed by atoms with van der Waals surface area (Å²) in [7, 11) is 1.55. The predicted octanol–water partition coefficient (Wildman–Crippen LogP) is 2.33. The molecule has 0 spiro atoms. The summed E-state index contributed by atoms with van der Waals surface area (Å²) < 4.78 is 24.7. The molecule has 1 atom stereocenters. The highest BCUT2D eigenvalue weighted by molar-refractivity contribution is 6.01. The molecule has 0 amide bonds. The first-order valence-corrected chi connectivity index (χ1v) is 7.40. The molecule has 1 aliphatic carbocycles. The van der Waals surface area contributed by atoms with Crippen LogP contribution < -0.4 is 4.74 Å². The van der Waals surface area contributed by atoms with Crippen LogP contribution in [0.15, 0.2) is 12.1 Å². The Morgan fingerprint density at radius 1 is 1.36 bits per heavy atom. The van der Waals surface area contributed by atoms with Gasteiger partial charge in [0, 0.05) is 31.1 Å². The van der Waals surface area contributed by atoms with Gasteiger partial charge in [-0.25, -0.2) is 4.39 Å². The van der Waals surface area contributed by atoms with Crippen LogP contribution >= 0.6 is 12.4 Å². The summed E-state index contributed by atoms with van der Waals surface area (Å²) in [5.74, 6) is -0.0246. The molecule has 22 heavy (non-hydrogen) atoms. The van der Waals surface area contributed by atoms with Crippen molar-refractivity contribution >= 4 is 18.2 Å². The van der Waals surface area contributed by atoms with Gasteiger partial charge in [-0.2, -0.15) is 0 Å². The molecule has 1 aromatic rings. The molecule has 1 saturated heterocycles. The van der Waals surface area contributed by atoms with E-state index in [1.54, 1.807) is 13.2 Å². The minimum absolute atomic E-state index is 0. The molecule has 1 unspecified atom stereocenters.